The predicted molar refractivity (Wildman–Crippen MR) is 91.9 cm³/mol. The topological polar surface area (TPSA) is 60.4 Å². The van der Waals surface area contributed by atoms with Crippen LogP contribution in [0.3, 0.4) is 0 Å². The summed E-state index contributed by atoms with van der Waals surface area (Å²) in [5.74, 6) is -0.557. The first kappa shape index (κ1) is 18.9. The molecule has 0 radical (unpaired) electrons. The average Bonchev–Trinajstić information content (AvgIpc) is 2.53. The Morgan fingerprint density at radius 1 is 1.22 bits per heavy atom. The van der Waals surface area contributed by atoms with Crippen LogP contribution in [0.15, 0.2) is 66.1 Å². The van der Waals surface area contributed by atoms with Crippen LogP contribution >= 0.6 is 0 Å². The highest BCUT2D eigenvalue weighted by atomic mass is 32.2. The summed E-state index contributed by atoms with van der Waals surface area (Å²) >= 11 is 0. The van der Waals surface area contributed by atoms with E-state index in [9.17, 15) is 13.2 Å². The molecule has 0 N–H and O–H groups in total. The summed E-state index contributed by atoms with van der Waals surface area (Å²) in [5, 5.41) is -0.878. The highest BCUT2D eigenvalue weighted by Crippen LogP contribution is 2.22. The largest absolute Gasteiger partial charge is 0.466 e. The highest BCUT2D eigenvalue weighted by Gasteiger charge is 2.26. The monoisotopic (exact) mass is 334 g/mol. The first-order valence-electron chi connectivity index (χ1n) is 7.18. The van der Waals surface area contributed by atoms with Crippen LogP contribution in [0.25, 0.3) is 0 Å². The number of ether oxygens (including phenoxy) is 1. The van der Waals surface area contributed by atoms with Crippen molar-refractivity contribution >= 4 is 15.8 Å². The van der Waals surface area contributed by atoms with Gasteiger partial charge in [0, 0.05) is 5.57 Å². The van der Waals surface area contributed by atoms with E-state index in [4.69, 9.17) is 4.74 Å². The van der Waals surface area contributed by atoms with Crippen molar-refractivity contribution in [2.24, 2.45) is 0 Å². The van der Waals surface area contributed by atoms with Gasteiger partial charge in [-0.3, -0.25) is 0 Å². The zero-order chi connectivity index (χ0) is 17.5. The molecule has 1 aromatic carbocycles. The van der Waals surface area contributed by atoms with Crippen molar-refractivity contribution in [3.63, 3.8) is 0 Å². The third kappa shape index (κ3) is 4.93. The maximum atomic E-state index is 12.8. The summed E-state index contributed by atoms with van der Waals surface area (Å²) in [6, 6.07) is 6.62. The van der Waals surface area contributed by atoms with Crippen molar-refractivity contribution < 1.29 is 17.9 Å². The molecule has 0 saturated carbocycles. The second kappa shape index (κ2) is 8.48. The molecule has 0 aliphatic carbocycles. The molecular formula is C18H22O4S. The van der Waals surface area contributed by atoms with Gasteiger partial charge in [0.05, 0.1) is 17.3 Å². The van der Waals surface area contributed by atoms with E-state index in [2.05, 4.69) is 13.2 Å². The van der Waals surface area contributed by atoms with E-state index in [0.29, 0.717) is 0 Å². The predicted octanol–water partition coefficient (Wildman–Crippen LogP) is 3.39. The standard InChI is InChI=1S/C18H22O4S/c1-5-7-15(18(19)22-4)13-17(8-6-2)23(20,21)16-11-9-14(3)10-12-16/h5-6,9-13,17H,1-2,7-8H2,3-4H3/b15-13+. The third-order valence-corrected chi connectivity index (χ3v) is 5.40. The molecule has 4 nitrogen and oxygen atoms in total. The number of sulfone groups is 1. The zero-order valence-corrected chi connectivity index (χ0v) is 14.3. The minimum Gasteiger partial charge on any atom is -0.466 e. The maximum absolute atomic E-state index is 12.8. The highest BCUT2D eigenvalue weighted by molar-refractivity contribution is 7.92. The third-order valence-electron chi connectivity index (χ3n) is 3.35. The fourth-order valence-corrected chi connectivity index (χ4v) is 3.68. The molecule has 0 aromatic heterocycles. The van der Waals surface area contributed by atoms with E-state index >= 15 is 0 Å². The number of benzene rings is 1. The first-order chi connectivity index (χ1) is 10.9. The van der Waals surface area contributed by atoms with Gasteiger partial charge < -0.3 is 4.74 Å². The Labute approximate surface area is 138 Å². The van der Waals surface area contributed by atoms with Gasteiger partial charge in [-0.05, 0) is 31.9 Å². The number of esters is 1. The summed E-state index contributed by atoms with van der Waals surface area (Å²) in [4.78, 5) is 12.0. The van der Waals surface area contributed by atoms with E-state index in [1.165, 1.54) is 25.3 Å². The summed E-state index contributed by atoms with van der Waals surface area (Å²) in [7, 11) is -2.36. The second-order valence-electron chi connectivity index (χ2n) is 5.10. The van der Waals surface area contributed by atoms with Crippen LogP contribution in [0, 0.1) is 6.92 Å². The Kier molecular flexibility index (Phi) is 6.97. The number of carbonyl (C=O) groups is 1. The molecule has 124 valence electrons. The number of methoxy groups -OCH3 is 1. The van der Waals surface area contributed by atoms with Crippen LogP contribution in [0.1, 0.15) is 18.4 Å². The van der Waals surface area contributed by atoms with Crippen molar-refractivity contribution in [2.45, 2.75) is 29.9 Å². The summed E-state index contributed by atoms with van der Waals surface area (Å²) in [5.41, 5.74) is 1.24. The normalized spacial score (nSPS) is 13.2. The fraction of sp³-hybridized carbons (Fsp3) is 0.278. The smallest absolute Gasteiger partial charge is 0.333 e. The maximum Gasteiger partial charge on any atom is 0.333 e. The van der Waals surface area contributed by atoms with Crippen LogP contribution in [0.5, 0.6) is 0 Å². The van der Waals surface area contributed by atoms with Crippen molar-refractivity contribution in [1.29, 1.82) is 0 Å². The molecule has 23 heavy (non-hydrogen) atoms. The van der Waals surface area contributed by atoms with Gasteiger partial charge in [0.25, 0.3) is 0 Å². The molecule has 0 aliphatic heterocycles. The molecule has 1 unspecified atom stereocenters. The van der Waals surface area contributed by atoms with E-state index in [-0.39, 0.29) is 23.3 Å². The number of carbonyl (C=O) groups excluding carboxylic acids is 1. The van der Waals surface area contributed by atoms with Gasteiger partial charge in [0.1, 0.15) is 0 Å². The quantitative estimate of drug-likeness (QED) is 0.415. The summed E-state index contributed by atoms with van der Waals surface area (Å²) < 4.78 is 30.3. The molecule has 1 rings (SSSR count). The zero-order valence-electron chi connectivity index (χ0n) is 13.5. The molecule has 1 aromatic rings. The molecule has 0 spiro atoms. The Morgan fingerprint density at radius 3 is 2.30 bits per heavy atom. The van der Waals surface area contributed by atoms with Gasteiger partial charge in [-0.2, -0.15) is 0 Å². The van der Waals surface area contributed by atoms with Crippen LogP contribution in [-0.4, -0.2) is 26.7 Å². The molecule has 0 heterocycles. The van der Waals surface area contributed by atoms with Gasteiger partial charge in [0.2, 0.25) is 0 Å². The Morgan fingerprint density at radius 2 is 1.83 bits per heavy atom. The van der Waals surface area contributed by atoms with E-state index in [1.807, 2.05) is 6.92 Å². The lowest BCUT2D eigenvalue weighted by Crippen LogP contribution is -2.21. The lowest BCUT2D eigenvalue weighted by molar-refractivity contribution is -0.136. The minimum atomic E-state index is -3.62. The first-order valence-corrected chi connectivity index (χ1v) is 8.72. The number of hydrogen-bond acceptors (Lipinski definition) is 4. The van der Waals surface area contributed by atoms with Crippen LogP contribution in [0.4, 0.5) is 0 Å². The Balaban J connectivity index is 3.32. The number of allylic oxidation sites excluding steroid dienone is 2. The van der Waals surface area contributed by atoms with Crippen molar-refractivity contribution in [2.75, 3.05) is 7.11 Å². The number of hydrogen-bond donors (Lipinski definition) is 0. The Bertz CT molecular complexity index is 697. The van der Waals surface area contributed by atoms with Crippen LogP contribution in [0.2, 0.25) is 0 Å². The van der Waals surface area contributed by atoms with Gasteiger partial charge in [-0.15, -0.1) is 13.2 Å². The van der Waals surface area contributed by atoms with Gasteiger partial charge in [-0.25, -0.2) is 13.2 Å². The lowest BCUT2D eigenvalue weighted by Gasteiger charge is -2.14. The van der Waals surface area contributed by atoms with Crippen LogP contribution < -0.4 is 0 Å². The van der Waals surface area contributed by atoms with Gasteiger partial charge in [-0.1, -0.05) is 35.9 Å². The summed E-state index contributed by atoms with van der Waals surface area (Å²) in [6.07, 6.45) is 4.93. The average molecular weight is 334 g/mol. The molecule has 0 fully saturated rings. The van der Waals surface area contributed by atoms with Gasteiger partial charge in [0.15, 0.2) is 9.84 Å². The molecule has 5 heteroatoms. The molecule has 0 amide bonds. The van der Waals surface area contributed by atoms with Crippen LogP contribution in [-0.2, 0) is 19.4 Å². The number of aryl methyl sites for hydroxylation is 1. The molecule has 1 atom stereocenters. The van der Waals surface area contributed by atoms with E-state index in [0.717, 1.165) is 5.56 Å². The summed E-state index contributed by atoms with van der Waals surface area (Å²) in [6.45, 7) is 9.08. The Hall–Kier alpha value is -2.14. The SMILES string of the molecule is C=CC/C(=C\C(CC=C)S(=O)(=O)c1ccc(C)cc1)C(=O)OC. The second-order valence-corrected chi connectivity index (χ2v) is 7.26. The van der Waals surface area contributed by atoms with Crippen molar-refractivity contribution in [3.05, 3.63) is 66.8 Å². The van der Waals surface area contributed by atoms with Crippen molar-refractivity contribution in [1.82, 2.24) is 0 Å². The molecule has 0 saturated heterocycles. The van der Waals surface area contributed by atoms with E-state index in [1.54, 1.807) is 24.3 Å². The van der Waals surface area contributed by atoms with Crippen molar-refractivity contribution in [3.8, 4) is 0 Å². The van der Waals surface area contributed by atoms with E-state index < -0.39 is 21.1 Å². The minimum absolute atomic E-state index is 0.202. The molecule has 0 bridgehead atoms. The lowest BCUT2D eigenvalue weighted by atomic mass is 10.1. The fourth-order valence-electron chi connectivity index (χ4n) is 2.08. The molecular weight excluding hydrogens is 312 g/mol. The molecule has 0 aliphatic rings. The van der Waals surface area contributed by atoms with Gasteiger partial charge >= 0.3 is 5.97 Å². The number of rotatable bonds is 8.